The van der Waals surface area contributed by atoms with E-state index in [1.807, 2.05) is 24.3 Å². The van der Waals surface area contributed by atoms with Crippen LogP contribution in [0, 0.1) is 6.92 Å². The number of rotatable bonds is 4. The Kier molecular flexibility index (Phi) is 3.84. The third kappa shape index (κ3) is 2.45. The van der Waals surface area contributed by atoms with Gasteiger partial charge in [0.2, 0.25) is 6.79 Å². The third-order valence-corrected chi connectivity index (χ3v) is 4.13. The predicted octanol–water partition coefficient (Wildman–Crippen LogP) is 3.89. The number of benzene rings is 2. The first-order chi connectivity index (χ1) is 10.6. The fourth-order valence-electron chi connectivity index (χ4n) is 2.88. The highest BCUT2D eigenvalue weighted by molar-refractivity contribution is 5.55. The lowest BCUT2D eigenvalue weighted by atomic mass is 9.89. The highest BCUT2D eigenvalue weighted by Gasteiger charge is 2.22. The van der Waals surface area contributed by atoms with Crippen molar-refractivity contribution in [2.24, 2.45) is 0 Å². The van der Waals surface area contributed by atoms with Crippen LogP contribution in [0.2, 0.25) is 0 Å². The van der Waals surface area contributed by atoms with Crippen LogP contribution in [0.4, 0.5) is 0 Å². The lowest BCUT2D eigenvalue weighted by Crippen LogP contribution is -2.02. The minimum Gasteiger partial charge on any atom is -0.497 e. The van der Waals surface area contributed by atoms with Crippen molar-refractivity contribution in [2.45, 2.75) is 19.8 Å². The molecule has 0 bridgehead atoms. The summed E-state index contributed by atoms with van der Waals surface area (Å²) in [5, 5.41) is 0. The number of hydrogen-bond acceptors (Lipinski definition) is 4. The number of hydrogen-bond donors (Lipinski definition) is 0. The molecule has 0 radical (unpaired) electrons. The van der Waals surface area contributed by atoms with E-state index in [2.05, 4.69) is 19.9 Å². The SMILES string of the molecule is COc1ccc([C@H](C)c2cc3c(cc2OC)OCO3)c(C)c1. The van der Waals surface area contributed by atoms with Gasteiger partial charge in [0.25, 0.3) is 0 Å². The highest BCUT2D eigenvalue weighted by atomic mass is 16.7. The minimum atomic E-state index is 0.176. The van der Waals surface area contributed by atoms with Crippen LogP contribution in [0.1, 0.15) is 29.5 Å². The van der Waals surface area contributed by atoms with E-state index in [0.29, 0.717) is 0 Å². The highest BCUT2D eigenvalue weighted by Crippen LogP contribution is 2.43. The summed E-state index contributed by atoms with van der Waals surface area (Å²) in [7, 11) is 3.35. The Balaban J connectivity index is 2.03. The second-order valence-electron chi connectivity index (χ2n) is 5.39. The van der Waals surface area contributed by atoms with Crippen LogP contribution in [-0.2, 0) is 0 Å². The standard InChI is InChI=1S/C18H20O4/c1-11-7-13(19-3)5-6-14(11)12(2)15-8-17-18(22-10-21-17)9-16(15)20-4/h5-9,12H,10H2,1-4H3/t12-/m0/s1. The number of aryl methyl sites for hydroxylation is 1. The second-order valence-corrected chi connectivity index (χ2v) is 5.39. The zero-order chi connectivity index (χ0) is 15.7. The van der Waals surface area contributed by atoms with Gasteiger partial charge in [0, 0.05) is 17.5 Å². The van der Waals surface area contributed by atoms with Crippen molar-refractivity contribution in [1.82, 2.24) is 0 Å². The number of methoxy groups -OCH3 is 2. The summed E-state index contributed by atoms with van der Waals surface area (Å²) >= 11 is 0. The Hall–Kier alpha value is -2.36. The quantitative estimate of drug-likeness (QED) is 0.858. The summed E-state index contributed by atoms with van der Waals surface area (Å²) in [6, 6.07) is 10.0. The summed E-state index contributed by atoms with van der Waals surface area (Å²) in [4.78, 5) is 0. The first-order valence-corrected chi connectivity index (χ1v) is 7.26. The molecule has 1 atom stereocenters. The topological polar surface area (TPSA) is 36.9 Å². The molecule has 0 amide bonds. The molecule has 0 fully saturated rings. The Labute approximate surface area is 130 Å². The van der Waals surface area contributed by atoms with Crippen molar-refractivity contribution < 1.29 is 18.9 Å². The fourth-order valence-corrected chi connectivity index (χ4v) is 2.88. The molecule has 1 aliphatic heterocycles. The van der Waals surface area contributed by atoms with Crippen LogP contribution in [0.5, 0.6) is 23.0 Å². The van der Waals surface area contributed by atoms with E-state index in [1.54, 1.807) is 14.2 Å². The smallest absolute Gasteiger partial charge is 0.231 e. The van der Waals surface area contributed by atoms with Crippen molar-refractivity contribution >= 4 is 0 Å². The van der Waals surface area contributed by atoms with Crippen LogP contribution in [0.25, 0.3) is 0 Å². The zero-order valence-corrected chi connectivity index (χ0v) is 13.3. The predicted molar refractivity (Wildman–Crippen MR) is 84.4 cm³/mol. The normalized spacial score (nSPS) is 13.8. The van der Waals surface area contributed by atoms with Crippen LogP contribution >= 0.6 is 0 Å². The van der Waals surface area contributed by atoms with Crippen molar-refractivity contribution in [2.75, 3.05) is 21.0 Å². The average molecular weight is 300 g/mol. The van der Waals surface area contributed by atoms with E-state index in [-0.39, 0.29) is 12.7 Å². The summed E-state index contributed by atoms with van der Waals surface area (Å²) in [6.45, 7) is 4.51. The van der Waals surface area contributed by atoms with Crippen molar-refractivity contribution in [1.29, 1.82) is 0 Å². The lowest BCUT2D eigenvalue weighted by molar-refractivity contribution is 0.174. The maximum atomic E-state index is 5.54. The number of fused-ring (bicyclic) bond motifs is 1. The largest absolute Gasteiger partial charge is 0.497 e. The number of ether oxygens (including phenoxy) is 4. The first-order valence-electron chi connectivity index (χ1n) is 7.26. The minimum absolute atomic E-state index is 0.176. The van der Waals surface area contributed by atoms with Gasteiger partial charge in [-0.05, 0) is 36.2 Å². The Morgan fingerprint density at radius 1 is 0.955 bits per heavy atom. The third-order valence-electron chi connectivity index (χ3n) is 4.13. The van der Waals surface area contributed by atoms with E-state index >= 15 is 0 Å². The maximum Gasteiger partial charge on any atom is 0.231 e. The van der Waals surface area contributed by atoms with E-state index in [0.717, 1.165) is 28.6 Å². The molecule has 2 aromatic rings. The molecule has 0 unspecified atom stereocenters. The Morgan fingerprint density at radius 2 is 1.68 bits per heavy atom. The molecule has 0 saturated carbocycles. The van der Waals surface area contributed by atoms with Crippen molar-refractivity contribution in [3.8, 4) is 23.0 Å². The summed E-state index contributed by atoms with van der Waals surface area (Å²) in [6.07, 6.45) is 0. The fraction of sp³-hybridized carbons (Fsp3) is 0.333. The van der Waals surface area contributed by atoms with Crippen LogP contribution < -0.4 is 18.9 Å². The molecule has 0 N–H and O–H groups in total. The molecule has 4 nitrogen and oxygen atoms in total. The average Bonchev–Trinajstić information content (AvgIpc) is 3.00. The summed E-state index contributed by atoms with van der Waals surface area (Å²) in [5.74, 6) is 3.36. The molecule has 3 rings (SSSR count). The Bertz CT molecular complexity index is 694. The van der Waals surface area contributed by atoms with Crippen LogP contribution in [-0.4, -0.2) is 21.0 Å². The molecule has 0 aliphatic carbocycles. The first kappa shape index (κ1) is 14.6. The van der Waals surface area contributed by atoms with Gasteiger partial charge in [0.15, 0.2) is 11.5 Å². The van der Waals surface area contributed by atoms with E-state index in [1.165, 1.54) is 11.1 Å². The van der Waals surface area contributed by atoms with E-state index < -0.39 is 0 Å². The molecule has 1 heterocycles. The van der Waals surface area contributed by atoms with E-state index in [9.17, 15) is 0 Å². The molecule has 116 valence electrons. The van der Waals surface area contributed by atoms with Gasteiger partial charge in [-0.25, -0.2) is 0 Å². The van der Waals surface area contributed by atoms with Crippen LogP contribution in [0.3, 0.4) is 0 Å². The molecule has 0 spiro atoms. The zero-order valence-electron chi connectivity index (χ0n) is 13.3. The van der Waals surface area contributed by atoms with Gasteiger partial charge in [-0.2, -0.15) is 0 Å². The molecule has 0 aromatic heterocycles. The Morgan fingerprint density at radius 3 is 2.32 bits per heavy atom. The monoisotopic (exact) mass is 300 g/mol. The van der Waals surface area contributed by atoms with Crippen molar-refractivity contribution in [3.05, 3.63) is 47.0 Å². The molecular weight excluding hydrogens is 280 g/mol. The van der Waals surface area contributed by atoms with Gasteiger partial charge >= 0.3 is 0 Å². The maximum absolute atomic E-state index is 5.54. The molecule has 2 aromatic carbocycles. The van der Waals surface area contributed by atoms with Gasteiger partial charge in [-0.3, -0.25) is 0 Å². The summed E-state index contributed by atoms with van der Waals surface area (Å²) < 4.78 is 21.7. The van der Waals surface area contributed by atoms with Gasteiger partial charge < -0.3 is 18.9 Å². The molecule has 1 aliphatic rings. The second kappa shape index (κ2) is 5.79. The molecule has 4 heteroatoms. The molecule has 22 heavy (non-hydrogen) atoms. The van der Waals surface area contributed by atoms with Crippen molar-refractivity contribution in [3.63, 3.8) is 0 Å². The van der Waals surface area contributed by atoms with Gasteiger partial charge in [-0.1, -0.05) is 13.0 Å². The van der Waals surface area contributed by atoms with Gasteiger partial charge in [0.05, 0.1) is 14.2 Å². The molecular formula is C18H20O4. The lowest BCUT2D eigenvalue weighted by Gasteiger charge is -2.19. The summed E-state index contributed by atoms with van der Waals surface area (Å²) in [5.41, 5.74) is 3.50. The van der Waals surface area contributed by atoms with Gasteiger partial charge in [0.1, 0.15) is 11.5 Å². The van der Waals surface area contributed by atoms with Crippen LogP contribution in [0.15, 0.2) is 30.3 Å². The van der Waals surface area contributed by atoms with E-state index in [4.69, 9.17) is 18.9 Å². The van der Waals surface area contributed by atoms with Gasteiger partial charge in [-0.15, -0.1) is 0 Å². The molecule has 0 saturated heterocycles.